The first-order valence-corrected chi connectivity index (χ1v) is 5.76. The topological polar surface area (TPSA) is 45.0 Å². The van der Waals surface area contributed by atoms with Crippen molar-refractivity contribution in [2.24, 2.45) is 0 Å². The van der Waals surface area contributed by atoms with E-state index in [1.54, 1.807) is 13.2 Å². The smallest absolute Gasteiger partial charge is 0.101 e. The van der Waals surface area contributed by atoms with Crippen molar-refractivity contribution in [3.05, 3.63) is 28.2 Å². The van der Waals surface area contributed by atoms with E-state index in [2.05, 4.69) is 27.3 Å². The van der Waals surface area contributed by atoms with Gasteiger partial charge in [-0.2, -0.15) is 5.26 Å². The Morgan fingerprint density at radius 3 is 2.75 bits per heavy atom. The largest absolute Gasteiger partial charge is 0.381 e. The van der Waals surface area contributed by atoms with Crippen LogP contribution in [0.5, 0.6) is 0 Å². The van der Waals surface area contributed by atoms with Crippen LogP contribution in [0.2, 0.25) is 0 Å². The molecule has 0 bridgehead atoms. The van der Waals surface area contributed by atoms with E-state index in [1.807, 2.05) is 26.0 Å². The first kappa shape index (κ1) is 13.0. The number of nitrogens with one attached hydrogen (secondary N) is 1. The summed E-state index contributed by atoms with van der Waals surface area (Å²) in [4.78, 5) is 0. The predicted octanol–water partition coefficient (Wildman–Crippen LogP) is 3.16. The number of methoxy groups -OCH3 is 1. The summed E-state index contributed by atoms with van der Waals surface area (Å²) in [7, 11) is 1.67. The first-order valence-electron chi connectivity index (χ1n) is 4.97. The quantitative estimate of drug-likeness (QED) is 0.923. The van der Waals surface area contributed by atoms with Gasteiger partial charge in [-0.15, -0.1) is 0 Å². The SMILES string of the molecule is COC(C)(C)CNc1cc(Br)ccc1C#N. The molecule has 0 saturated heterocycles. The Labute approximate surface area is 105 Å². The molecule has 1 rings (SSSR count). The lowest BCUT2D eigenvalue weighted by molar-refractivity contribution is 0.0344. The molecule has 0 aliphatic heterocycles. The standard InChI is InChI=1S/C12H15BrN2O/c1-12(2,16-3)8-15-11-6-10(13)5-4-9(11)7-14/h4-6,15H,8H2,1-3H3. The van der Waals surface area contributed by atoms with Crippen molar-refractivity contribution in [3.8, 4) is 6.07 Å². The van der Waals surface area contributed by atoms with E-state index in [9.17, 15) is 0 Å². The van der Waals surface area contributed by atoms with E-state index in [0.717, 1.165) is 10.2 Å². The van der Waals surface area contributed by atoms with Crippen LogP contribution in [0.15, 0.2) is 22.7 Å². The monoisotopic (exact) mass is 282 g/mol. The van der Waals surface area contributed by atoms with Crippen LogP contribution in [0.1, 0.15) is 19.4 Å². The molecule has 16 heavy (non-hydrogen) atoms. The van der Waals surface area contributed by atoms with Gasteiger partial charge in [-0.1, -0.05) is 15.9 Å². The van der Waals surface area contributed by atoms with Crippen molar-refractivity contribution in [2.75, 3.05) is 19.0 Å². The van der Waals surface area contributed by atoms with Gasteiger partial charge in [0, 0.05) is 18.1 Å². The highest BCUT2D eigenvalue weighted by Crippen LogP contribution is 2.21. The number of nitriles is 1. The van der Waals surface area contributed by atoms with E-state index in [4.69, 9.17) is 10.00 Å². The minimum absolute atomic E-state index is 0.255. The molecule has 0 amide bonds. The second-order valence-electron chi connectivity index (χ2n) is 4.12. The molecular weight excluding hydrogens is 268 g/mol. The van der Waals surface area contributed by atoms with Crippen LogP contribution in [0, 0.1) is 11.3 Å². The summed E-state index contributed by atoms with van der Waals surface area (Å²) in [5.74, 6) is 0. The van der Waals surface area contributed by atoms with Gasteiger partial charge < -0.3 is 10.1 Å². The summed E-state index contributed by atoms with van der Waals surface area (Å²) in [5.41, 5.74) is 1.20. The zero-order valence-electron chi connectivity index (χ0n) is 9.67. The third-order valence-electron chi connectivity index (χ3n) is 2.36. The summed E-state index contributed by atoms with van der Waals surface area (Å²) in [6, 6.07) is 7.68. The van der Waals surface area contributed by atoms with Crippen LogP contribution in [0.4, 0.5) is 5.69 Å². The van der Waals surface area contributed by atoms with Gasteiger partial charge in [0.25, 0.3) is 0 Å². The van der Waals surface area contributed by atoms with Crippen LogP contribution in [0.25, 0.3) is 0 Å². The van der Waals surface area contributed by atoms with Crippen LogP contribution in [-0.2, 0) is 4.74 Å². The second kappa shape index (κ2) is 5.33. The Bertz CT molecular complexity index is 410. The van der Waals surface area contributed by atoms with Gasteiger partial charge in [-0.25, -0.2) is 0 Å². The molecule has 86 valence electrons. The van der Waals surface area contributed by atoms with E-state index in [-0.39, 0.29) is 5.60 Å². The molecule has 1 N–H and O–H groups in total. The fourth-order valence-electron chi connectivity index (χ4n) is 1.14. The Balaban J connectivity index is 2.81. The Morgan fingerprint density at radius 2 is 2.19 bits per heavy atom. The van der Waals surface area contributed by atoms with Crippen LogP contribution < -0.4 is 5.32 Å². The van der Waals surface area contributed by atoms with Crippen molar-refractivity contribution in [2.45, 2.75) is 19.4 Å². The maximum atomic E-state index is 8.96. The fourth-order valence-corrected chi connectivity index (χ4v) is 1.50. The van der Waals surface area contributed by atoms with Crippen molar-refractivity contribution in [3.63, 3.8) is 0 Å². The molecule has 0 aliphatic rings. The lowest BCUT2D eigenvalue weighted by Gasteiger charge is -2.24. The molecule has 0 spiro atoms. The van der Waals surface area contributed by atoms with Crippen LogP contribution >= 0.6 is 15.9 Å². The third-order valence-corrected chi connectivity index (χ3v) is 2.85. The highest BCUT2D eigenvalue weighted by atomic mass is 79.9. The van der Waals surface area contributed by atoms with Crippen molar-refractivity contribution < 1.29 is 4.74 Å². The molecule has 4 heteroatoms. The number of hydrogen-bond acceptors (Lipinski definition) is 3. The summed E-state index contributed by atoms with van der Waals surface area (Å²) >= 11 is 3.38. The fraction of sp³-hybridized carbons (Fsp3) is 0.417. The van der Waals surface area contributed by atoms with Crippen molar-refractivity contribution in [1.29, 1.82) is 5.26 Å². The first-order chi connectivity index (χ1) is 7.48. The zero-order valence-corrected chi connectivity index (χ0v) is 11.3. The molecule has 0 heterocycles. The number of hydrogen-bond donors (Lipinski definition) is 1. The van der Waals surface area contributed by atoms with E-state index >= 15 is 0 Å². The van der Waals surface area contributed by atoms with Gasteiger partial charge in [0.05, 0.1) is 16.9 Å². The lowest BCUT2D eigenvalue weighted by atomic mass is 10.1. The molecule has 0 saturated carbocycles. The van der Waals surface area contributed by atoms with Gasteiger partial charge in [-0.3, -0.25) is 0 Å². The van der Waals surface area contributed by atoms with E-state index < -0.39 is 0 Å². The lowest BCUT2D eigenvalue weighted by Crippen LogP contribution is -2.32. The van der Waals surface area contributed by atoms with Gasteiger partial charge >= 0.3 is 0 Å². The number of rotatable bonds is 4. The summed E-state index contributed by atoms with van der Waals surface area (Å²) in [5, 5.41) is 12.2. The molecule has 0 aliphatic carbocycles. The Morgan fingerprint density at radius 1 is 1.50 bits per heavy atom. The van der Waals surface area contributed by atoms with Gasteiger partial charge in [0.1, 0.15) is 6.07 Å². The van der Waals surface area contributed by atoms with Crippen LogP contribution in [0.3, 0.4) is 0 Å². The average molecular weight is 283 g/mol. The normalized spacial score (nSPS) is 10.9. The molecule has 3 nitrogen and oxygen atoms in total. The van der Waals surface area contributed by atoms with Crippen molar-refractivity contribution >= 4 is 21.6 Å². The maximum absolute atomic E-state index is 8.96. The predicted molar refractivity (Wildman–Crippen MR) is 68.4 cm³/mol. The second-order valence-corrected chi connectivity index (χ2v) is 5.03. The molecule has 0 unspecified atom stereocenters. The van der Waals surface area contributed by atoms with Crippen molar-refractivity contribution in [1.82, 2.24) is 0 Å². The number of anilines is 1. The van der Waals surface area contributed by atoms with Gasteiger partial charge in [0.2, 0.25) is 0 Å². The Kier molecular flexibility index (Phi) is 4.34. The molecule has 0 aromatic heterocycles. The molecular formula is C12H15BrN2O. The summed E-state index contributed by atoms with van der Waals surface area (Å²) in [6.07, 6.45) is 0. The Hall–Kier alpha value is -1.05. The van der Waals surface area contributed by atoms with Gasteiger partial charge in [-0.05, 0) is 32.0 Å². The van der Waals surface area contributed by atoms with Gasteiger partial charge in [0.15, 0.2) is 0 Å². The average Bonchev–Trinajstić information content (AvgIpc) is 2.27. The molecule has 0 atom stereocenters. The highest BCUT2D eigenvalue weighted by molar-refractivity contribution is 9.10. The number of nitrogens with zero attached hydrogens (tertiary/aromatic N) is 1. The molecule has 0 radical (unpaired) electrons. The maximum Gasteiger partial charge on any atom is 0.101 e. The van der Waals surface area contributed by atoms with E-state index in [0.29, 0.717) is 12.1 Å². The molecule has 0 fully saturated rings. The minimum atomic E-state index is -0.255. The summed E-state index contributed by atoms with van der Waals surface area (Å²) in [6.45, 7) is 4.63. The minimum Gasteiger partial charge on any atom is -0.381 e. The number of halogens is 1. The molecule has 1 aromatic rings. The third kappa shape index (κ3) is 3.51. The van der Waals surface area contributed by atoms with Crippen LogP contribution in [-0.4, -0.2) is 19.3 Å². The van der Waals surface area contributed by atoms with E-state index in [1.165, 1.54) is 0 Å². The molecule has 1 aromatic carbocycles. The summed E-state index contributed by atoms with van der Waals surface area (Å²) < 4.78 is 6.25. The number of ether oxygens (including phenoxy) is 1. The highest BCUT2D eigenvalue weighted by Gasteiger charge is 2.16. The zero-order chi connectivity index (χ0) is 12.2. The number of benzene rings is 1.